The van der Waals surface area contributed by atoms with E-state index in [0.717, 1.165) is 6.26 Å². The Morgan fingerprint density at radius 3 is 2.44 bits per heavy atom. The van der Waals surface area contributed by atoms with Gasteiger partial charge in [0.2, 0.25) is 5.91 Å². The minimum atomic E-state index is -3.72. The summed E-state index contributed by atoms with van der Waals surface area (Å²) in [6.07, 6.45) is 2.16. The number of hydrogen-bond acceptors (Lipinski definition) is 7. The second-order valence-corrected chi connectivity index (χ2v) is 10.1. The van der Waals surface area contributed by atoms with Crippen LogP contribution in [0.1, 0.15) is 0 Å². The van der Waals surface area contributed by atoms with E-state index < -0.39 is 44.9 Å². The maximum absolute atomic E-state index is 13.4. The monoisotopic (exact) mass is 531 g/mol. The molecular weight excluding hydrogens is 515 g/mol. The Labute approximate surface area is 202 Å². The molecule has 0 aliphatic carbocycles. The molecule has 9 nitrogen and oxygen atoms in total. The quantitative estimate of drug-likeness (QED) is 0.380. The van der Waals surface area contributed by atoms with Crippen molar-refractivity contribution in [3.8, 4) is 0 Å². The molecule has 0 saturated carbocycles. The molecule has 2 amide bonds. The largest absolute Gasteiger partial charge is 0.340 e. The number of carbonyl (C=O) groups is 2. The van der Waals surface area contributed by atoms with Crippen molar-refractivity contribution in [2.24, 2.45) is 0 Å². The first-order valence-electron chi connectivity index (χ1n) is 9.47. The van der Waals surface area contributed by atoms with Gasteiger partial charge in [-0.1, -0.05) is 23.2 Å². The molecule has 1 heterocycles. The number of hydrogen-bond donors (Lipinski definition) is 3. The van der Waals surface area contributed by atoms with Crippen LogP contribution in [0.25, 0.3) is 10.9 Å². The van der Waals surface area contributed by atoms with Crippen molar-refractivity contribution < 1.29 is 26.8 Å². The minimum absolute atomic E-state index is 0.0947. The van der Waals surface area contributed by atoms with E-state index in [-0.39, 0.29) is 10.7 Å². The van der Waals surface area contributed by atoms with Gasteiger partial charge in [-0.2, -0.15) is 0 Å². The number of halogens is 4. The predicted octanol–water partition coefficient (Wildman–Crippen LogP) is 3.17. The van der Waals surface area contributed by atoms with Crippen LogP contribution < -0.4 is 16.0 Å². The number of aromatic nitrogens is 2. The fourth-order valence-electron chi connectivity index (χ4n) is 2.89. The second kappa shape index (κ2) is 10.5. The van der Waals surface area contributed by atoms with E-state index in [1.54, 1.807) is 6.07 Å². The number of rotatable bonds is 8. The average molecular weight is 532 g/mol. The Kier molecular flexibility index (Phi) is 7.85. The molecule has 0 saturated heterocycles. The molecule has 0 spiro atoms. The summed E-state index contributed by atoms with van der Waals surface area (Å²) >= 11 is 10.9. The van der Waals surface area contributed by atoms with Crippen LogP contribution in [0.15, 0.2) is 42.7 Å². The van der Waals surface area contributed by atoms with Gasteiger partial charge in [-0.15, -0.1) is 0 Å². The Bertz CT molecular complexity index is 1360. The normalized spacial score (nSPS) is 13.2. The third-order valence-corrected chi connectivity index (χ3v) is 5.81. The summed E-state index contributed by atoms with van der Waals surface area (Å²) in [6.45, 7) is 0. The molecular formula is C20H17Cl2F2N5O4S. The van der Waals surface area contributed by atoms with Crippen LogP contribution in [0, 0.1) is 5.82 Å². The summed E-state index contributed by atoms with van der Waals surface area (Å²) in [5.41, 5.74) is -1.31. The van der Waals surface area contributed by atoms with Crippen molar-refractivity contribution in [1.82, 2.24) is 15.3 Å². The number of benzene rings is 2. The topological polar surface area (TPSA) is 130 Å². The summed E-state index contributed by atoms with van der Waals surface area (Å²) in [4.78, 5) is 32.5. The highest BCUT2D eigenvalue weighted by molar-refractivity contribution is 7.90. The fraction of sp³-hybridized carbons (Fsp3) is 0.200. The highest BCUT2D eigenvalue weighted by Gasteiger charge is 2.27. The molecule has 14 heteroatoms. The van der Waals surface area contributed by atoms with Gasteiger partial charge in [-0.3, -0.25) is 9.59 Å². The number of carbonyl (C=O) groups excluding carboxylic acids is 2. The standard InChI is InChI=1S/C20H17Cl2F2N5O4S/c1-34(32,33)8-16(29-20(31)17(22)24)19(30)28-10-3-5-15-12(6-10)18(26-9-25-15)27-11-2-4-14(23)13(21)7-11/h2-7,9,16-17H,8H2,1H3,(H,28,30)(H,29,31)(H,25,26,27)/t16-,17?/m1/s1. The van der Waals surface area contributed by atoms with Crippen LogP contribution >= 0.6 is 23.2 Å². The Hall–Kier alpha value is -3.09. The highest BCUT2D eigenvalue weighted by Crippen LogP contribution is 2.27. The predicted molar refractivity (Wildman–Crippen MR) is 125 cm³/mol. The van der Waals surface area contributed by atoms with Crippen LogP contribution in [-0.4, -0.2) is 53.9 Å². The molecule has 3 rings (SSSR count). The lowest BCUT2D eigenvalue weighted by Crippen LogP contribution is -2.49. The van der Waals surface area contributed by atoms with E-state index in [1.807, 2.05) is 5.32 Å². The zero-order chi connectivity index (χ0) is 25.0. The summed E-state index contributed by atoms with van der Waals surface area (Å²) in [7, 11) is -3.72. The molecule has 3 aromatic rings. The number of sulfone groups is 1. The van der Waals surface area contributed by atoms with Gasteiger partial charge in [0, 0.05) is 23.0 Å². The van der Waals surface area contributed by atoms with E-state index in [2.05, 4.69) is 20.6 Å². The first-order valence-corrected chi connectivity index (χ1v) is 12.3. The van der Waals surface area contributed by atoms with Crippen molar-refractivity contribution >= 4 is 72.9 Å². The zero-order valence-electron chi connectivity index (χ0n) is 17.4. The maximum Gasteiger partial charge on any atom is 0.270 e. The van der Waals surface area contributed by atoms with Crippen molar-refractivity contribution in [2.45, 2.75) is 11.7 Å². The van der Waals surface area contributed by atoms with Gasteiger partial charge in [0.15, 0.2) is 0 Å². The number of amides is 2. The van der Waals surface area contributed by atoms with Gasteiger partial charge in [0.1, 0.15) is 33.8 Å². The molecule has 34 heavy (non-hydrogen) atoms. The molecule has 1 aromatic heterocycles. The number of nitrogens with one attached hydrogen (secondary N) is 3. The van der Waals surface area contributed by atoms with Gasteiger partial charge in [0.05, 0.1) is 16.3 Å². The molecule has 0 fully saturated rings. The first-order chi connectivity index (χ1) is 15.9. The minimum Gasteiger partial charge on any atom is -0.340 e. The van der Waals surface area contributed by atoms with Crippen molar-refractivity contribution in [3.63, 3.8) is 0 Å². The van der Waals surface area contributed by atoms with Crippen molar-refractivity contribution in [3.05, 3.63) is 53.6 Å². The third-order valence-electron chi connectivity index (χ3n) is 4.39. The summed E-state index contributed by atoms with van der Waals surface area (Å²) < 4.78 is 49.8. The third kappa shape index (κ3) is 6.72. The van der Waals surface area contributed by atoms with Gasteiger partial charge < -0.3 is 16.0 Å². The Morgan fingerprint density at radius 2 is 1.79 bits per heavy atom. The molecule has 2 atom stereocenters. The van der Waals surface area contributed by atoms with E-state index in [0.29, 0.717) is 22.4 Å². The molecule has 1 unspecified atom stereocenters. The molecule has 180 valence electrons. The molecule has 3 N–H and O–H groups in total. The van der Waals surface area contributed by atoms with Crippen LogP contribution in [0.2, 0.25) is 5.02 Å². The lowest BCUT2D eigenvalue weighted by Gasteiger charge is -2.18. The highest BCUT2D eigenvalue weighted by atomic mass is 35.5. The lowest BCUT2D eigenvalue weighted by atomic mass is 10.2. The van der Waals surface area contributed by atoms with Crippen LogP contribution in [0.5, 0.6) is 0 Å². The second-order valence-electron chi connectivity index (χ2n) is 7.15. The average Bonchev–Trinajstić information content (AvgIpc) is 2.75. The van der Waals surface area contributed by atoms with Crippen LogP contribution in [-0.2, 0) is 19.4 Å². The molecule has 0 aliphatic rings. The van der Waals surface area contributed by atoms with Gasteiger partial charge >= 0.3 is 0 Å². The Morgan fingerprint density at radius 1 is 1.09 bits per heavy atom. The zero-order valence-corrected chi connectivity index (χ0v) is 19.7. The van der Waals surface area contributed by atoms with Crippen LogP contribution in [0.4, 0.5) is 26.0 Å². The van der Waals surface area contributed by atoms with E-state index >= 15 is 0 Å². The fourth-order valence-corrected chi connectivity index (χ4v) is 3.98. The van der Waals surface area contributed by atoms with E-state index in [1.165, 1.54) is 36.7 Å². The van der Waals surface area contributed by atoms with E-state index in [4.69, 9.17) is 23.2 Å². The van der Waals surface area contributed by atoms with Gasteiger partial charge in [0.25, 0.3) is 11.5 Å². The maximum atomic E-state index is 13.4. The number of alkyl halides is 2. The molecule has 0 bridgehead atoms. The smallest absolute Gasteiger partial charge is 0.270 e. The number of fused-ring (bicyclic) bond motifs is 1. The van der Waals surface area contributed by atoms with Gasteiger partial charge in [-0.05, 0) is 36.4 Å². The molecule has 0 radical (unpaired) electrons. The lowest BCUT2D eigenvalue weighted by molar-refractivity contribution is -0.127. The number of anilines is 3. The molecule has 0 aliphatic heterocycles. The first kappa shape index (κ1) is 25.5. The van der Waals surface area contributed by atoms with E-state index in [9.17, 15) is 26.8 Å². The summed E-state index contributed by atoms with van der Waals surface area (Å²) in [5, 5.41) is 7.78. The van der Waals surface area contributed by atoms with Crippen LogP contribution in [0.3, 0.4) is 0 Å². The van der Waals surface area contributed by atoms with Gasteiger partial charge in [-0.25, -0.2) is 27.2 Å². The SMILES string of the molecule is CS(=O)(=O)C[C@@H](NC(=O)C(F)Cl)C(=O)Nc1ccc2ncnc(Nc3ccc(F)c(Cl)c3)c2c1. The van der Waals surface area contributed by atoms with Crippen molar-refractivity contribution in [1.29, 1.82) is 0 Å². The summed E-state index contributed by atoms with van der Waals surface area (Å²) in [6, 6.07) is 6.96. The molecule has 2 aromatic carbocycles. The Balaban J connectivity index is 1.88. The summed E-state index contributed by atoms with van der Waals surface area (Å²) in [5.74, 6) is -3.31. The van der Waals surface area contributed by atoms with Crippen molar-refractivity contribution in [2.75, 3.05) is 22.6 Å². The number of nitrogens with zero attached hydrogens (tertiary/aromatic N) is 2.